The zero-order chi connectivity index (χ0) is 13.7. The molecule has 0 aliphatic heterocycles. The number of hydrogen-bond acceptors (Lipinski definition) is 5. The minimum Gasteiger partial charge on any atom is -0.464 e. The summed E-state index contributed by atoms with van der Waals surface area (Å²) < 4.78 is 4.80. The van der Waals surface area contributed by atoms with Crippen LogP contribution in [0.15, 0.2) is 18.2 Å². The summed E-state index contributed by atoms with van der Waals surface area (Å²) >= 11 is 5.88. The number of para-hydroxylation sites is 1. The number of esters is 1. The zero-order valence-corrected chi connectivity index (χ0v) is 10.7. The summed E-state index contributed by atoms with van der Waals surface area (Å²) in [7, 11) is 0. The van der Waals surface area contributed by atoms with Crippen LogP contribution in [0.1, 0.15) is 13.8 Å². The first-order valence-corrected chi connectivity index (χ1v) is 5.71. The first-order chi connectivity index (χ1) is 8.47. The third kappa shape index (κ3) is 3.33. The second-order valence-corrected chi connectivity index (χ2v) is 3.92. The van der Waals surface area contributed by atoms with Gasteiger partial charge in [-0.2, -0.15) is 0 Å². The maximum Gasteiger partial charge on any atom is 0.328 e. The molecule has 0 aliphatic carbocycles. The number of ether oxygens (including phenoxy) is 1. The number of carbonyl (C=O) groups is 1. The highest BCUT2D eigenvalue weighted by Crippen LogP contribution is 2.32. The van der Waals surface area contributed by atoms with Gasteiger partial charge in [-0.05, 0) is 19.9 Å². The first-order valence-electron chi connectivity index (χ1n) is 5.33. The Bertz CT molecular complexity index is 464. The smallest absolute Gasteiger partial charge is 0.328 e. The van der Waals surface area contributed by atoms with Crippen LogP contribution in [0.5, 0.6) is 0 Å². The van der Waals surface area contributed by atoms with Gasteiger partial charge in [0.15, 0.2) is 0 Å². The molecule has 0 saturated carbocycles. The van der Waals surface area contributed by atoms with Gasteiger partial charge >= 0.3 is 5.97 Å². The Kier molecular flexibility index (Phi) is 4.91. The van der Waals surface area contributed by atoms with Crippen LogP contribution in [-0.4, -0.2) is 23.5 Å². The lowest BCUT2D eigenvalue weighted by molar-refractivity contribution is -0.384. The standard InChI is InChI=1S/C11H13ClN2O4/c1-3-18-11(15)7(2)13-10-8(12)5-4-6-9(10)14(16)17/h4-7,13H,3H2,1-2H3. The molecular weight excluding hydrogens is 260 g/mol. The molecule has 0 radical (unpaired) electrons. The molecule has 6 nitrogen and oxygen atoms in total. The molecule has 0 saturated heterocycles. The van der Waals surface area contributed by atoms with Gasteiger partial charge in [-0.15, -0.1) is 0 Å². The van der Waals surface area contributed by atoms with E-state index < -0.39 is 16.9 Å². The first kappa shape index (κ1) is 14.2. The fourth-order valence-electron chi connectivity index (χ4n) is 1.35. The molecule has 0 amide bonds. The van der Waals surface area contributed by atoms with E-state index in [0.29, 0.717) is 0 Å². The maximum atomic E-state index is 11.4. The maximum absolute atomic E-state index is 11.4. The molecule has 0 heterocycles. The van der Waals surface area contributed by atoms with Crippen LogP contribution in [-0.2, 0) is 9.53 Å². The molecule has 1 aromatic rings. The van der Waals surface area contributed by atoms with Crippen molar-refractivity contribution in [1.82, 2.24) is 0 Å². The van der Waals surface area contributed by atoms with E-state index in [4.69, 9.17) is 16.3 Å². The minimum atomic E-state index is -0.719. The van der Waals surface area contributed by atoms with Crippen molar-refractivity contribution in [2.75, 3.05) is 11.9 Å². The molecule has 1 rings (SSSR count). The molecule has 0 fully saturated rings. The van der Waals surface area contributed by atoms with Crippen molar-refractivity contribution in [3.05, 3.63) is 33.3 Å². The molecule has 0 spiro atoms. The quantitative estimate of drug-likeness (QED) is 0.506. The summed E-state index contributed by atoms with van der Waals surface area (Å²) in [5, 5.41) is 13.7. The summed E-state index contributed by atoms with van der Waals surface area (Å²) in [6.07, 6.45) is 0. The highest BCUT2D eigenvalue weighted by Gasteiger charge is 2.21. The fraction of sp³-hybridized carbons (Fsp3) is 0.364. The van der Waals surface area contributed by atoms with Gasteiger partial charge in [-0.25, -0.2) is 4.79 Å². The predicted octanol–water partition coefficient (Wildman–Crippen LogP) is 2.61. The lowest BCUT2D eigenvalue weighted by Crippen LogP contribution is -2.28. The number of nitrogens with one attached hydrogen (secondary N) is 1. The fourth-order valence-corrected chi connectivity index (χ4v) is 1.57. The van der Waals surface area contributed by atoms with Crippen LogP contribution in [0.2, 0.25) is 5.02 Å². The highest BCUT2D eigenvalue weighted by atomic mass is 35.5. The van der Waals surface area contributed by atoms with Gasteiger partial charge in [-0.3, -0.25) is 10.1 Å². The van der Waals surface area contributed by atoms with Crippen molar-refractivity contribution >= 4 is 28.9 Å². The number of nitro groups is 1. The molecule has 0 aliphatic rings. The third-order valence-electron chi connectivity index (χ3n) is 2.19. The molecular formula is C11H13ClN2O4. The number of benzene rings is 1. The molecule has 98 valence electrons. The van der Waals surface area contributed by atoms with E-state index in [0.717, 1.165) is 0 Å². The van der Waals surface area contributed by atoms with E-state index in [-0.39, 0.29) is 23.0 Å². The van der Waals surface area contributed by atoms with E-state index in [1.165, 1.54) is 18.2 Å². The monoisotopic (exact) mass is 272 g/mol. The van der Waals surface area contributed by atoms with Crippen molar-refractivity contribution in [3.8, 4) is 0 Å². The average Bonchev–Trinajstić information content (AvgIpc) is 2.31. The summed E-state index contributed by atoms with van der Waals surface area (Å²) in [6, 6.07) is 3.57. The number of carbonyl (C=O) groups excluding carboxylic acids is 1. The van der Waals surface area contributed by atoms with Gasteiger partial charge in [0, 0.05) is 6.07 Å². The number of anilines is 1. The Morgan fingerprint density at radius 1 is 1.61 bits per heavy atom. The molecule has 0 aromatic heterocycles. The molecule has 1 aromatic carbocycles. The second-order valence-electron chi connectivity index (χ2n) is 3.51. The number of nitrogens with zero attached hydrogens (tertiary/aromatic N) is 1. The van der Waals surface area contributed by atoms with Gasteiger partial charge in [0.05, 0.1) is 16.6 Å². The Hall–Kier alpha value is -1.82. The van der Waals surface area contributed by atoms with Crippen molar-refractivity contribution < 1.29 is 14.5 Å². The highest BCUT2D eigenvalue weighted by molar-refractivity contribution is 6.33. The van der Waals surface area contributed by atoms with Crippen molar-refractivity contribution in [3.63, 3.8) is 0 Å². The normalized spacial score (nSPS) is 11.7. The van der Waals surface area contributed by atoms with Crippen molar-refractivity contribution in [2.45, 2.75) is 19.9 Å². The Labute approximate surface area is 109 Å². The molecule has 1 unspecified atom stereocenters. The number of hydrogen-bond donors (Lipinski definition) is 1. The summed E-state index contributed by atoms with van der Waals surface area (Å²) in [5.41, 5.74) is -0.0663. The van der Waals surface area contributed by atoms with Crippen LogP contribution in [0, 0.1) is 10.1 Å². The van der Waals surface area contributed by atoms with Crippen LogP contribution < -0.4 is 5.32 Å². The van der Waals surface area contributed by atoms with Crippen LogP contribution in [0.3, 0.4) is 0 Å². The van der Waals surface area contributed by atoms with Gasteiger partial charge in [0.1, 0.15) is 11.7 Å². The lowest BCUT2D eigenvalue weighted by Gasteiger charge is -2.14. The lowest BCUT2D eigenvalue weighted by atomic mass is 10.2. The minimum absolute atomic E-state index is 0.115. The Morgan fingerprint density at radius 2 is 2.28 bits per heavy atom. The number of halogens is 1. The number of rotatable bonds is 5. The van der Waals surface area contributed by atoms with Gasteiger partial charge in [0.25, 0.3) is 5.69 Å². The van der Waals surface area contributed by atoms with Gasteiger partial charge in [-0.1, -0.05) is 17.7 Å². The Morgan fingerprint density at radius 3 is 2.83 bits per heavy atom. The SMILES string of the molecule is CCOC(=O)C(C)Nc1c(Cl)cccc1[N+](=O)[O-]. The van der Waals surface area contributed by atoms with Crippen molar-refractivity contribution in [2.24, 2.45) is 0 Å². The van der Waals surface area contributed by atoms with Gasteiger partial charge < -0.3 is 10.1 Å². The average molecular weight is 273 g/mol. The van der Waals surface area contributed by atoms with Crippen LogP contribution >= 0.6 is 11.6 Å². The van der Waals surface area contributed by atoms with Gasteiger partial charge in [0.2, 0.25) is 0 Å². The topological polar surface area (TPSA) is 81.5 Å². The van der Waals surface area contributed by atoms with E-state index in [1.54, 1.807) is 13.8 Å². The largest absolute Gasteiger partial charge is 0.464 e. The molecule has 0 bridgehead atoms. The summed E-state index contributed by atoms with van der Waals surface area (Å²) in [5.74, 6) is -0.494. The predicted molar refractivity (Wildman–Crippen MR) is 67.8 cm³/mol. The second kappa shape index (κ2) is 6.20. The van der Waals surface area contributed by atoms with Crippen LogP contribution in [0.4, 0.5) is 11.4 Å². The summed E-state index contributed by atoms with van der Waals surface area (Å²) in [4.78, 5) is 21.7. The molecule has 1 atom stereocenters. The third-order valence-corrected chi connectivity index (χ3v) is 2.50. The number of nitro benzene ring substituents is 1. The van der Waals surface area contributed by atoms with E-state index in [1.807, 2.05) is 0 Å². The van der Waals surface area contributed by atoms with Crippen LogP contribution in [0.25, 0.3) is 0 Å². The molecule has 18 heavy (non-hydrogen) atoms. The Balaban J connectivity index is 2.96. The zero-order valence-electron chi connectivity index (χ0n) is 9.97. The van der Waals surface area contributed by atoms with E-state index in [2.05, 4.69) is 5.32 Å². The van der Waals surface area contributed by atoms with E-state index >= 15 is 0 Å². The summed E-state index contributed by atoms with van der Waals surface area (Å²) in [6.45, 7) is 3.48. The van der Waals surface area contributed by atoms with Crippen molar-refractivity contribution in [1.29, 1.82) is 0 Å². The molecule has 7 heteroatoms. The molecule has 1 N–H and O–H groups in total. The van der Waals surface area contributed by atoms with E-state index in [9.17, 15) is 14.9 Å².